The minimum atomic E-state index is 1.06. The van der Waals surface area contributed by atoms with Crippen molar-refractivity contribution in [1.29, 1.82) is 0 Å². The fourth-order valence-corrected chi connectivity index (χ4v) is 1.45. The van der Waals surface area contributed by atoms with E-state index in [2.05, 4.69) is 23.0 Å². The molecule has 54 valence electrons. The van der Waals surface area contributed by atoms with Crippen molar-refractivity contribution in [3.05, 3.63) is 23.4 Å². The fourth-order valence-electron chi connectivity index (χ4n) is 1.45. The van der Waals surface area contributed by atoms with Crippen molar-refractivity contribution < 1.29 is 0 Å². The normalized spacial score (nSPS) is 24.0. The van der Waals surface area contributed by atoms with E-state index in [0.717, 1.165) is 6.54 Å². The molecule has 2 N–H and O–H groups in total. The van der Waals surface area contributed by atoms with Crippen LogP contribution in [0, 0.1) is 0 Å². The van der Waals surface area contributed by atoms with Gasteiger partial charge in [0.05, 0.1) is 0 Å². The predicted octanol–water partition coefficient (Wildman–Crippen LogP) is 1.09. The van der Waals surface area contributed by atoms with Crippen molar-refractivity contribution in [2.24, 2.45) is 0 Å². The Balaban J connectivity index is 2.19. The van der Waals surface area contributed by atoms with E-state index >= 15 is 0 Å². The summed E-state index contributed by atoms with van der Waals surface area (Å²) in [5.74, 6) is 0. The molecule has 1 saturated heterocycles. The first kappa shape index (κ1) is 5.98. The van der Waals surface area contributed by atoms with Crippen molar-refractivity contribution in [1.82, 2.24) is 10.9 Å². The Morgan fingerprint density at radius 2 is 2.10 bits per heavy atom. The van der Waals surface area contributed by atoms with Crippen LogP contribution in [0.1, 0.15) is 19.3 Å². The molecule has 1 heterocycles. The van der Waals surface area contributed by atoms with Gasteiger partial charge in [-0.3, -0.25) is 0 Å². The zero-order valence-electron chi connectivity index (χ0n) is 5.98. The molecule has 2 nitrogen and oxygen atoms in total. The van der Waals surface area contributed by atoms with Gasteiger partial charge in [0.25, 0.3) is 0 Å². The molecule has 0 amide bonds. The van der Waals surface area contributed by atoms with E-state index in [4.69, 9.17) is 0 Å². The summed E-state index contributed by atoms with van der Waals surface area (Å²) < 4.78 is 0. The summed E-state index contributed by atoms with van der Waals surface area (Å²) in [6, 6.07) is 0. The highest BCUT2D eigenvalue weighted by atomic mass is 15.4. The topological polar surface area (TPSA) is 24.1 Å². The Morgan fingerprint density at radius 1 is 1.20 bits per heavy atom. The minimum Gasteiger partial charge on any atom is -0.322 e. The molecule has 1 aliphatic heterocycles. The van der Waals surface area contributed by atoms with E-state index in [9.17, 15) is 0 Å². The Labute approximate surface area is 61.0 Å². The zero-order valence-corrected chi connectivity index (χ0v) is 5.98. The molecule has 1 fully saturated rings. The molecule has 0 aromatic carbocycles. The highest BCUT2D eigenvalue weighted by molar-refractivity contribution is 5.33. The lowest BCUT2D eigenvalue weighted by Gasteiger charge is -2.23. The van der Waals surface area contributed by atoms with Crippen LogP contribution in [0.5, 0.6) is 0 Å². The van der Waals surface area contributed by atoms with Crippen LogP contribution < -0.4 is 10.9 Å². The number of fused-ring (bicyclic) bond motifs is 1. The number of rotatable bonds is 0. The molecule has 0 radical (unpaired) electrons. The van der Waals surface area contributed by atoms with E-state index in [0.29, 0.717) is 0 Å². The Bertz CT molecular complexity index is 169. The van der Waals surface area contributed by atoms with Crippen molar-refractivity contribution in [2.45, 2.75) is 19.3 Å². The summed E-state index contributed by atoms with van der Waals surface area (Å²) in [4.78, 5) is 0. The minimum absolute atomic E-state index is 1.06. The molecular weight excluding hydrogens is 124 g/mol. The van der Waals surface area contributed by atoms with E-state index in [1.807, 2.05) is 0 Å². The fraction of sp³-hybridized carbons (Fsp3) is 0.500. The molecule has 0 unspecified atom stereocenters. The van der Waals surface area contributed by atoms with Gasteiger partial charge in [0.15, 0.2) is 0 Å². The van der Waals surface area contributed by atoms with Gasteiger partial charge in [-0.15, -0.1) is 0 Å². The lowest BCUT2D eigenvalue weighted by atomic mass is 10.00. The average molecular weight is 136 g/mol. The molecule has 0 aromatic rings. The van der Waals surface area contributed by atoms with Crippen LogP contribution in [0.3, 0.4) is 0 Å². The van der Waals surface area contributed by atoms with Gasteiger partial charge in [-0.25, -0.2) is 5.43 Å². The zero-order chi connectivity index (χ0) is 6.81. The number of hydrogen-bond donors (Lipinski definition) is 2. The maximum absolute atomic E-state index is 3.16. The molecule has 2 aliphatic rings. The third kappa shape index (κ3) is 0.948. The van der Waals surface area contributed by atoms with Crippen LogP contribution in [-0.4, -0.2) is 6.54 Å². The van der Waals surface area contributed by atoms with Crippen LogP contribution in [-0.2, 0) is 0 Å². The van der Waals surface area contributed by atoms with E-state index < -0.39 is 0 Å². The van der Waals surface area contributed by atoms with Gasteiger partial charge < -0.3 is 5.43 Å². The SMILES string of the molecule is C1=C2CCNNC2=CCC1. The molecule has 0 saturated carbocycles. The van der Waals surface area contributed by atoms with Gasteiger partial charge in [-0.2, -0.15) is 0 Å². The van der Waals surface area contributed by atoms with Crippen molar-refractivity contribution in [2.75, 3.05) is 6.54 Å². The van der Waals surface area contributed by atoms with Gasteiger partial charge in [0.1, 0.15) is 0 Å². The Morgan fingerprint density at radius 3 is 3.00 bits per heavy atom. The first-order chi connectivity index (χ1) is 4.97. The summed E-state index contributed by atoms with van der Waals surface area (Å²) in [7, 11) is 0. The number of allylic oxidation sites excluding steroid dienone is 3. The summed E-state index contributed by atoms with van der Waals surface area (Å²) in [5, 5.41) is 0. The lowest BCUT2D eigenvalue weighted by molar-refractivity contribution is 0.552. The summed E-state index contributed by atoms with van der Waals surface area (Å²) in [5.41, 5.74) is 9.08. The van der Waals surface area contributed by atoms with Crippen molar-refractivity contribution >= 4 is 0 Å². The number of hydrazine groups is 1. The maximum atomic E-state index is 3.16. The van der Waals surface area contributed by atoms with Crippen LogP contribution in [0.25, 0.3) is 0 Å². The molecule has 0 spiro atoms. The molecule has 10 heavy (non-hydrogen) atoms. The molecular formula is C8H12N2. The molecule has 0 bridgehead atoms. The second kappa shape index (κ2) is 2.46. The van der Waals surface area contributed by atoms with Gasteiger partial charge in [0, 0.05) is 12.2 Å². The third-order valence-electron chi connectivity index (χ3n) is 1.99. The third-order valence-corrected chi connectivity index (χ3v) is 1.99. The molecule has 0 aromatic heterocycles. The van der Waals surface area contributed by atoms with Gasteiger partial charge in [0.2, 0.25) is 0 Å². The van der Waals surface area contributed by atoms with E-state index in [1.165, 1.54) is 30.5 Å². The number of nitrogens with one attached hydrogen (secondary N) is 2. The van der Waals surface area contributed by atoms with E-state index in [1.54, 1.807) is 0 Å². The van der Waals surface area contributed by atoms with Crippen molar-refractivity contribution in [3.63, 3.8) is 0 Å². The van der Waals surface area contributed by atoms with Crippen LogP contribution >= 0.6 is 0 Å². The molecule has 2 heteroatoms. The van der Waals surface area contributed by atoms with E-state index in [-0.39, 0.29) is 0 Å². The molecule has 2 rings (SSSR count). The van der Waals surface area contributed by atoms with Gasteiger partial charge >= 0.3 is 0 Å². The summed E-state index contributed by atoms with van der Waals surface area (Å²) in [6.45, 7) is 1.06. The van der Waals surface area contributed by atoms with Crippen LogP contribution in [0.15, 0.2) is 23.4 Å². The highest BCUT2D eigenvalue weighted by Crippen LogP contribution is 2.20. The molecule has 1 aliphatic carbocycles. The van der Waals surface area contributed by atoms with Crippen LogP contribution in [0.2, 0.25) is 0 Å². The lowest BCUT2D eigenvalue weighted by Crippen LogP contribution is -2.38. The first-order valence-electron chi connectivity index (χ1n) is 3.85. The largest absolute Gasteiger partial charge is 0.322 e. The number of hydrogen-bond acceptors (Lipinski definition) is 2. The average Bonchev–Trinajstić information content (AvgIpc) is 2.05. The quantitative estimate of drug-likeness (QED) is 0.521. The Kier molecular flexibility index (Phi) is 1.47. The summed E-state index contributed by atoms with van der Waals surface area (Å²) >= 11 is 0. The predicted molar refractivity (Wildman–Crippen MR) is 41.2 cm³/mol. The Hall–Kier alpha value is -0.760. The molecule has 0 atom stereocenters. The van der Waals surface area contributed by atoms with Gasteiger partial charge in [-0.1, -0.05) is 12.2 Å². The maximum Gasteiger partial charge on any atom is 0.0477 e. The standard InChI is InChI=1S/C8H12N2/c1-2-4-8-7(3-1)5-6-9-10-8/h3-4,9-10H,1-2,5-6H2. The first-order valence-corrected chi connectivity index (χ1v) is 3.85. The second-order valence-electron chi connectivity index (χ2n) is 2.73. The smallest absolute Gasteiger partial charge is 0.0477 e. The van der Waals surface area contributed by atoms with Crippen LogP contribution in [0.4, 0.5) is 0 Å². The highest BCUT2D eigenvalue weighted by Gasteiger charge is 2.11. The second-order valence-corrected chi connectivity index (χ2v) is 2.73. The monoisotopic (exact) mass is 136 g/mol. The van der Waals surface area contributed by atoms with Gasteiger partial charge in [-0.05, 0) is 24.8 Å². The van der Waals surface area contributed by atoms with Crippen molar-refractivity contribution in [3.8, 4) is 0 Å². The summed E-state index contributed by atoms with van der Waals surface area (Å²) in [6.07, 6.45) is 8.19.